The van der Waals surface area contributed by atoms with Gasteiger partial charge in [-0.2, -0.15) is 18.4 Å². The number of hydrogen-bond donors (Lipinski definition) is 3. The van der Waals surface area contributed by atoms with Gasteiger partial charge in [0.25, 0.3) is 11.8 Å². The van der Waals surface area contributed by atoms with Crippen molar-refractivity contribution in [3.05, 3.63) is 56.5 Å². The molecule has 2 amide bonds. The third kappa shape index (κ3) is 5.33. The molecule has 3 aromatic heterocycles. The molecule has 4 N–H and O–H groups in total. The fourth-order valence-electron chi connectivity index (χ4n) is 2.50. The van der Waals surface area contributed by atoms with E-state index in [1.807, 2.05) is 0 Å². The fraction of sp³-hybridized carbons (Fsp3) is 0.167. The largest absolute Gasteiger partial charge is 0.418 e. The van der Waals surface area contributed by atoms with Crippen molar-refractivity contribution in [3.63, 3.8) is 0 Å². The van der Waals surface area contributed by atoms with Crippen molar-refractivity contribution in [2.75, 3.05) is 11.1 Å². The summed E-state index contributed by atoms with van der Waals surface area (Å²) < 4.78 is 38.9. The minimum atomic E-state index is -4.72. The summed E-state index contributed by atoms with van der Waals surface area (Å²) in [5.74, 6) is -1.96. The number of carbonyl (C=O) groups excluding carboxylic acids is 2. The van der Waals surface area contributed by atoms with Gasteiger partial charge in [-0.1, -0.05) is 11.6 Å². The van der Waals surface area contributed by atoms with E-state index in [1.54, 1.807) is 13.0 Å². The smallest absolute Gasteiger partial charge is 0.382 e. The van der Waals surface area contributed by atoms with Gasteiger partial charge in [0.2, 0.25) is 0 Å². The van der Waals surface area contributed by atoms with Crippen molar-refractivity contribution < 1.29 is 22.8 Å². The lowest BCUT2D eigenvalue weighted by molar-refractivity contribution is -0.137. The number of nitrogens with zero attached hydrogens (tertiary/aromatic N) is 5. The van der Waals surface area contributed by atoms with E-state index in [4.69, 9.17) is 22.6 Å². The summed E-state index contributed by atoms with van der Waals surface area (Å²) in [6.07, 6.45) is -1.70. The van der Waals surface area contributed by atoms with E-state index in [1.165, 1.54) is 6.20 Å². The summed E-state index contributed by atoms with van der Waals surface area (Å²) in [7, 11) is 0. The molecule has 0 aromatic carbocycles. The molecule has 0 saturated heterocycles. The van der Waals surface area contributed by atoms with Gasteiger partial charge in [0.1, 0.15) is 39.5 Å². The van der Waals surface area contributed by atoms with Gasteiger partial charge in [0.15, 0.2) is 5.69 Å². The van der Waals surface area contributed by atoms with E-state index < -0.39 is 34.6 Å². The van der Waals surface area contributed by atoms with Crippen molar-refractivity contribution in [1.82, 2.24) is 25.3 Å². The number of nitrogen functional groups attached to an aromatic ring is 1. The Hall–Kier alpha value is -3.83. The lowest BCUT2D eigenvalue weighted by atomic mass is 10.2. The molecule has 1 atom stereocenters. The first-order valence-electron chi connectivity index (χ1n) is 8.82. The molecule has 0 aliphatic heterocycles. The van der Waals surface area contributed by atoms with Gasteiger partial charge in [0, 0.05) is 6.20 Å². The highest BCUT2D eigenvalue weighted by Gasteiger charge is 2.34. The highest BCUT2D eigenvalue weighted by Crippen LogP contribution is 2.35. The third-order valence-corrected chi connectivity index (χ3v) is 5.55. The molecule has 0 spiro atoms. The molecule has 1 unspecified atom stereocenters. The lowest BCUT2D eigenvalue weighted by Crippen LogP contribution is -2.28. The summed E-state index contributed by atoms with van der Waals surface area (Å²) in [5, 5.41) is 13.7. The van der Waals surface area contributed by atoms with Crippen LogP contribution in [0.5, 0.6) is 0 Å². The molecule has 0 saturated carbocycles. The first kappa shape index (κ1) is 23.8. The van der Waals surface area contributed by atoms with Crippen LogP contribution in [0, 0.1) is 11.3 Å². The predicted molar refractivity (Wildman–Crippen MR) is 111 cm³/mol. The number of halogens is 4. The van der Waals surface area contributed by atoms with E-state index in [0.29, 0.717) is 11.1 Å². The molecule has 33 heavy (non-hydrogen) atoms. The number of nitrogens with two attached hydrogens (primary N) is 1. The number of aromatic nitrogens is 4. The number of carbonyl (C=O) groups is 2. The van der Waals surface area contributed by atoms with Crippen LogP contribution in [0.4, 0.5) is 24.8 Å². The summed E-state index contributed by atoms with van der Waals surface area (Å²) in [4.78, 5) is 40.1. The molecule has 0 fully saturated rings. The van der Waals surface area contributed by atoms with E-state index >= 15 is 0 Å². The Morgan fingerprint density at radius 1 is 1.21 bits per heavy atom. The summed E-state index contributed by atoms with van der Waals surface area (Å²) in [5.41, 5.74) is 4.02. The number of alkyl halides is 3. The average Bonchev–Trinajstić information content (AvgIpc) is 3.24. The molecule has 170 valence electrons. The first-order chi connectivity index (χ1) is 15.5. The van der Waals surface area contributed by atoms with Crippen LogP contribution in [0.15, 0.2) is 24.8 Å². The Morgan fingerprint density at radius 2 is 1.94 bits per heavy atom. The summed E-state index contributed by atoms with van der Waals surface area (Å²) >= 11 is 6.41. The number of pyridine rings is 1. The van der Waals surface area contributed by atoms with Crippen molar-refractivity contribution >= 4 is 46.4 Å². The molecular weight excluding hydrogens is 485 g/mol. The molecule has 3 rings (SSSR count). The van der Waals surface area contributed by atoms with Crippen molar-refractivity contribution in [2.45, 2.75) is 19.1 Å². The number of thiazole rings is 1. The molecule has 15 heteroatoms. The van der Waals surface area contributed by atoms with Gasteiger partial charge in [-0.25, -0.2) is 19.9 Å². The number of rotatable bonds is 5. The van der Waals surface area contributed by atoms with Gasteiger partial charge in [-0.3, -0.25) is 9.59 Å². The lowest BCUT2D eigenvalue weighted by Gasteiger charge is -2.11. The van der Waals surface area contributed by atoms with Crippen molar-refractivity contribution in [1.29, 1.82) is 5.26 Å². The van der Waals surface area contributed by atoms with Gasteiger partial charge >= 0.3 is 6.18 Å². The second-order valence-electron chi connectivity index (χ2n) is 6.35. The molecule has 0 radical (unpaired) electrons. The fourth-order valence-corrected chi connectivity index (χ4v) is 3.53. The average molecular weight is 497 g/mol. The zero-order valence-electron chi connectivity index (χ0n) is 16.4. The molecule has 0 bridgehead atoms. The SMILES string of the molecule is CC(NC(=O)c1ncnc(N)c1C#N)c1ncc(C(=O)Nc2cc(C(F)(F)F)c(Cl)cn2)s1. The molecule has 3 heterocycles. The quantitative estimate of drug-likeness (QED) is 0.485. The summed E-state index contributed by atoms with van der Waals surface area (Å²) in [6.45, 7) is 1.57. The number of hydrogen-bond acceptors (Lipinski definition) is 9. The Labute approximate surface area is 192 Å². The number of nitrogens with one attached hydrogen (secondary N) is 2. The van der Waals surface area contributed by atoms with Crippen LogP contribution in [0.2, 0.25) is 5.02 Å². The molecule has 10 nitrogen and oxygen atoms in total. The Balaban J connectivity index is 1.72. The number of anilines is 2. The third-order valence-electron chi connectivity index (χ3n) is 4.07. The van der Waals surface area contributed by atoms with Gasteiger partial charge in [-0.05, 0) is 13.0 Å². The minimum Gasteiger partial charge on any atom is -0.382 e. The highest BCUT2D eigenvalue weighted by molar-refractivity contribution is 7.13. The van der Waals surface area contributed by atoms with Gasteiger partial charge in [-0.15, -0.1) is 11.3 Å². The zero-order valence-corrected chi connectivity index (χ0v) is 18.0. The van der Waals surface area contributed by atoms with Crippen LogP contribution >= 0.6 is 22.9 Å². The van der Waals surface area contributed by atoms with E-state index in [9.17, 15) is 22.8 Å². The van der Waals surface area contributed by atoms with E-state index in [-0.39, 0.29) is 27.8 Å². The van der Waals surface area contributed by atoms with Gasteiger partial charge in [0.05, 0.1) is 22.8 Å². The van der Waals surface area contributed by atoms with Crippen LogP contribution in [-0.4, -0.2) is 31.8 Å². The van der Waals surface area contributed by atoms with Crippen LogP contribution in [0.3, 0.4) is 0 Å². The Bertz CT molecular complexity index is 1270. The predicted octanol–water partition coefficient (Wildman–Crippen LogP) is 3.20. The molecule has 3 aromatic rings. The standard InChI is InChI=1S/C18H12ClF3N8O2S/c1-7(29-16(32)13-8(3-23)14(24)28-6-27-13)17-26-5-11(33-17)15(31)30-12-2-9(18(20,21)22)10(19)4-25-12/h2,4-7H,1H3,(H,29,32)(H2,24,27,28)(H,25,30,31). The Kier molecular flexibility index (Phi) is 6.75. The number of amides is 2. The normalized spacial score (nSPS) is 12.0. The van der Waals surface area contributed by atoms with Crippen LogP contribution in [-0.2, 0) is 6.18 Å². The molecule has 0 aliphatic carbocycles. The van der Waals surface area contributed by atoms with Crippen molar-refractivity contribution in [2.24, 2.45) is 0 Å². The van der Waals surface area contributed by atoms with Crippen molar-refractivity contribution in [3.8, 4) is 6.07 Å². The maximum atomic E-state index is 13.0. The maximum Gasteiger partial charge on any atom is 0.418 e. The number of nitriles is 1. The van der Waals surface area contributed by atoms with E-state index in [0.717, 1.165) is 23.9 Å². The van der Waals surface area contributed by atoms with Crippen LogP contribution in [0.1, 0.15) is 49.3 Å². The maximum absolute atomic E-state index is 13.0. The minimum absolute atomic E-state index is 0.0559. The highest BCUT2D eigenvalue weighted by atomic mass is 35.5. The topological polar surface area (TPSA) is 160 Å². The monoisotopic (exact) mass is 496 g/mol. The molecule has 0 aliphatic rings. The molecular formula is C18H12ClF3N8O2S. The Morgan fingerprint density at radius 3 is 2.61 bits per heavy atom. The van der Waals surface area contributed by atoms with Gasteiger partial charge < -0.3 is 16.4 Å². The second-order valence-corrected chi connectivity index (χ2v) is 7.82. The van der Waals surface area contributed by atoms with E-state index in [2.05, 4.69) is 30.6 Å². The second kappa shape index (κ2) is 9.35. The van der Waals surface area contributed by atoms with Crippen LogP contribution < -0.4 is 16.4 Å². The first-order valence-corrected chi connectivity index (χ1v) is 10.0. The zero-order chi connectivity index (χ0) is 24.3. The van der Waals surface area contributed by atoms with Crippen LogP contribution in [0.25, 0.3) is 0 Å². The summed E-state index contributed by atoms with van der Waals surface area (Å²) in [6, 6.07) is 1.67.